The van der Waals surface area contributed by atoms with E-state index in [4.69, 9.17) is 4.74 Å². The number of piperazine rings is 1. The van der Waals surface area contributed by atoms with Gasteiger partial charge in [0.1, 0.15) is 0 Å². The van der Waals surface area contributed by atoms with Gasteiger partial charge in [-0.2, -0.15) is 0 Å². The molecule has 4 rings (SSSR count). The van der Waals surface area contributed by atoms with Gasteiger partial charge in [-0.1, -0.05) is 50.2 Å². The van der Waals surface area contributed by atoms with E-state index in [0.29, 0.717) is 64.6 Å². The molecule has 0 aromatic heterocycles. The summed E-state index contributed by atoms with van der Waals surface area (Å²) in [5.74, 6) is 0.407. The Morgan fingerprint density at radius 2 is 1.48 bits per heavy atom. The Morgan fingerprint density at radius 3 is 2.18 bits per heavy atom. The van der Waals surface area contributed by atoms with Crippen molar-refractivity contribution in [2.75, 3.05) is 45.9 Å². The zero-order chi connectivity index (χ0) is 23.4. The van der Waals surface area contributed by atoms with Crippen LogP contribution in [-0.2, 0) is 9.53 Å². The number of ether oxygens (including phenoxy) is 1. The highest BCUT2D eigenvalue weighted by Crippen LogP contribution is 2.25. The van der Waals surface area contributed by atoms with Gasteiger partial charge in [0.25, 0.3) is 5.91 Å². The van der Waals surface area contributed by atoms with E-state index in [1.54, 1.807) is 4.90 Å². The molecule has 0 saturated carbocycles. The normalized spacial score (nSPS) is 17.5. The van der Waals surface area contributed by atoms with Gasteiger partial charge in [-0.25, -0.2) is 4.79 Å². The quantitative estimate of drug-likeness (QED) is 0.712. The summed E-state index contributed by atoms with van der Waals surface area (Å²) in [6.45, 7) is 7.65. The molecule has 33 heavy (non-hydrogen) atoms. The first-order valence-corrected chi connectivity index (χ1v) is 11.9. The molecule has 2 aliphatic rings. The second-order valence-electron chi connectivity index (χ2n) is 9.38. The highest BCUT2D eigenvalue weighted by Gasteiger charge is 2.33. The minimum Gasteiger partial charge on any atom is -0.449 e. The average Bonchev–Trinajstić information content (AvgIpc) is 2.86. The highest BCUT2D eigenvalue weighted by molar-refractivity contribution is 6.07. The van der Waals surface area contributed by atoms with Crippen molar-refractivity contribution in [3.8, 4) is 0 Å². The van der Waals surface area contributed by atoms with Crippen molar-refractivity contribution in [1.82, 2.24) is 14.7 Å². The second kappa shape index (κ2) is 10.2. The monoisotopic (exact) mass is 451 g/mol. The van der Waals surface area contributed by atoms with Gasteiger partial charge in [0.2, 0.25) is 5.91 Å². The molecule has 3 amide bonds. The molecular formula is C26H33N3O4. The summed E-state index contributed by atoms with van der Waals surface area (Å²) in [5, 5.41) is 2.02. The fourth-order valence-electron chi connectivity index (χ4n) is 4.61. The summed E-state index contributed by atoms with van der Waals surface area (Å²) in [6.07, 6.45) is 1.05. The maximum absolute atomic E-state index is 13.2. The van der Waals surface area contributed by atoms with E-state index in [1.807, 2.05) is 66.1 Å². The Hall–Kier alpha value is -3.09. The summed E-state index contributed by atoms with van der Waals surface area (Å²) < 4.78 is 5.30. The molecule has 2 aromatic rings. The Kier molecular flexibility index (Phi) is 7.16. The molecule has 2 fully saturated rings. The zero-order valence-electron chi connectivity index (χ0n) is 19.5. The molecule has 176 valence electrons. The number of carbonyl (C=O) groups is 3. The van der Waals surface area contributed by atoms with E-state index < -0.39 is 0 Å². The minimum atomic E-state index is -0.295. The third kappa shape index (κ3) is 5.29. The van der Waals surface area contributed by atoms with Gasteiger partial charge in [0.15, 0.2) is 0 Å². The Morgan fingerprint density at radius 1 is 0.848 bits per heavy atom. The third-order valence-corrected chi connectivity index (χ3v) is 6.54. The molecule has 2 aliphatic heterocycles. The molecule has 7 heteroatoms. The predicted molar refractivity (Wildman–Crippen MR) is 127 cm³/mol. The predicted octanol–water partition coefficient (Wildman–Crippen LogP) is 3.63. The number of piperidine rings is 1. The van der Waals surface area contributed by atoms with Gasteiger partial charge >= 0.3 is 6.09 Å². The number of carbonyl (C=O) groups excluding carboxylic acids is 3. The lowest BCUT2D eigenvalue weighted by molar-refractivity contribution is -0.138. The van der Waals surface area contributed by atoms with Crippen LogP contribution in [0.2, 0.25) is 0 Å². The van der Waals surface area contributed by atoms with Gasteiger partial charge in [-0.3, -0.25) is 9.59 Å². The standard InChI is InChI=1S/C26H33N3O4/c1-19(2)18-33-26(32)29-16-14-28(15-17-29)24(30)21-10-12-27(13-11-21)25(31)23-9-5-7-20-6-3-4-8-22(20)23/h3-9,19,21H,10-18H2,1-2H3. The topological polar surface area (TPSA) is 70.2 Å². The van der Waals surface area contributed by atoms with Crippen LogP contribution in [0.3, 0.4) is 0 Å². The van der Waals surface area contributed by atoms with Gasteiger partial charge in [0.05, 0.1) is 6.61 Å². The molecule has 0 bridgehead atoms. The number of fused-ring (bicyclic) bond motifs is 1. The summed E-state index contributed by atoms with van der Waals surface area (Å²) in [4.78, 5) is 43.8. The summed E-state index contributed by atoms with van der Waals surface area (Å²) in [5.41, 5.74) is 0.721. The van der Waals surface area contributed by atoms with Crippen molar-refractivity contribution >= 4 is 28.7 Å². The zero-order valence-corrected chi connectivity index (χ0v) is 19.5. The summed E-state index contributed by atoms with van der Waals surface area (Å²) in [6, 6.07) is 13.7. The van der Waals surface area contributed by atoms with Crippen molar-refractivity contribution in [3.05, 3.63) is 48.0 Å². The number of benzene rings is 2. The van der Waals surface area contributed by atoms with Gasteiger partial charge in [-0.15, -0.1) is 0 Å². The molecule has 0 N–H and O–H groups in total. The van der Waals surface area contributed by atoms with Crippen LogP contribution in [0.25, 0.3) is 10.8 Å². The SMILES string of the molecule is CC(C)COC(=O)N1CCN(C(=O)C2CCN(C(=O)c3cccc4ccccc34)CC2)CC1. The summed E-state index contributed by atoms with van der Waals surface area (Å²) in [7, 11) is 0. The molecule has 7 nitrogen and oxygen atoms in total. The lowest BCUT2D eigenvalue weighted by atomic mass is 9.94. The van der Waals surface area contributed by atoms with Crippen LogP contribution in [0.1, 0.15) is 37.0 Å². The van der Waals surface area contributed by atoms with E-state index in [9.17, 15) is 14.4 Å². The van der Waals surface area contributed by atoms with E-state index in [2.05, 4.69) is 0 Å². The Balaban J connectivity index is 1.28. The fourth-order valence-corrected chi connectivity index (χ4v) is 4.61. The molecule has 2 saturated heterocycles. The largest absolute Gasteiger partial charge is 0.449 e. The number of rotatable bonds is 4. The number of nitrogens with zero attached hydrogens (tertiary/aromatic N) is 3. The minimum absolute atomic E-state index is 0.0335. The third-order valence-electron chi connectivity index (χ3n) is 6.54. The van der Waals surface area contributed by atoms with Crippen LogP contribution in [0.5, 0.6) is 0 Å². The smallest absolute Gasteiger partial charge is 0.409 e. The molecule has 0 unspecified atom stereocenters. The molecule has 0 spiro atoms. The van der Waals surface area contributed by atoms with Crippen LogP contribution >= 0.6 is 0 Å². The van der Waals surface area contributed by atoms with Gasteiger partial charge in [-0.05, 0) is 35.6 Å². The molecule has 2 aromatic carbocycles. The van der Waals surface area contributed by atoms with Crippen molar-refractivity contribution < 1.29 is 19.1 Å². The first-order valence-electron chi connectivity index (χ1n) is 11.9. The lowest BCUT2D eigenvalue weighted by Gasteiger charge is -2.38. The number of amides is 3. The van der Waals surface area contributed by atoms with Crippen molar-refractivity contribution in [3.63, 3.8) is 0 Å². The molecule has 0 radical (unpaired) electrons. The highest BCUT2D eigenvalue weighted by atomic mass is 16.6. The van der Waals surface area contributed by atoms with Crippen molar-refractivity contribution in [2.24, 2.45) is 11.8 Å². The van der Waals surface area contributed by atoms with Crippen LogP contribution in [-0.4, -0.2) is 78.5 Å². The summed E-state index contributed by atoms with van der Waals surface area (Å²) >= 11 is 0. The first kappa shape index (κ1) is 23.1. The molecule has 0 atom stereocenters. The van der Waals surface area contributed by atoms with E-state index in [0.717, 1.165) is 16.3 Å². The van der Waals surface area contributed by atoms with Crippen molar-refractivity contribution in [2.45, 2.75) is 26.7 Å². The van der Waals surface area contributed by atoms with Crippen LogP contribution < -0.4 is 0 Å². The number of hydrogen-bond acceptors (Lipinski definition) is 4. The van der Waals surface area contributed by atoms with Crippen LogP contribution in [0.15, 0.2) is 42.5 Å². The maximum atomic E-state index is 13.2. The van der Waals surface area contributed by atoms with Crippen LogP contribution in [0, 0.1) is 11.8 Å². The van der Waals surface area contributed by atoms with Crippen LogP contribution in [0.4, 0.5) is 4.79 Å². The van der Waals surface area contributed by atoms with E-state index >= 15 is 0 Å². The van der Waals surface area contributed by atoms with E-state index in [-0.39, 0.29) is 23.8 Å². The number of hydrogen-bond donors (Lipinski definition) is 0. The fraction of sp³-hybridized carbons (Fsp3) is 0.500. The van der Waals surface area contributed by atoms with Gasteiger partial charge in [0, 0.05) is 50.7 Å². The average molecular weight is 452 g/mol. The van der Waals surface area contributed by atoms with E-state index in [1.165, 1.54) is 0 Å². The number of likely N-dealkylation sites (tertiary alicyclic amines) is 1. The lowest BCUT2D eigenvalue weighted by Crippen LogP contribution is -2.53. The first-order chi connectivity index (χ1) is 15.9. The second-order valence-corrected chi connectivity index (χ2v) is 9.38. The molecule has 2 heterocycles. The maximum Gasteiger partial charge on any atom is 0.409 e. The van der Waals surface area contributed by atoms with Gasteiger partial charge < -0.3 is 19.4 Å². The Labute approximate surface area is 195 Å². The molecular weight excluding hydrogens is 418 g/mol. The molecule has 0 aliphatic carbocycles. The Bertz CT molecular complexity index is 1000. The van der Waals surface area contributed by atoms with Crippen molar-refractivity contribution in [1.29, 1.82) is 0 Å².